The summed E-state index contributed by atoms with van der Waals surface area (Å²) in [4.78, 5) is 26.2. The smallest absolute Gasteiger partial charge is 0.410 e. The molecule has 0 fully saturated rings. The molecule has 146 valence electrons. The van der Waals surface area contributed by atoms with Gasteiger partial charge in [0.2, 0.25) is 0 Å². The van der Waals surface area contributed by atoms with Crippen LogP contribution in [0, 0.1) is 0 Å². The Balaban J connectivity index is 2.01. The van der Waals surface area contributed by atoms with Gasteiger partial charge in [-0.25, -0.2) is 4.79 Å². The van der Waals surface area contributed by atoms with E-state index in [2.05, 4.69) is 15.5 Å². The SMILES string of the molecule is CC(C)(C)OC(=O)N1CCc2n[nH]c(C(=O)NCOC(C)(C)CO)c2C1. The predicted octanol–water partition coefficient (Wildman–Crippen LogP) is 1.18. The number of aliphatic hydroxyl groups is 1. The number of carbonyl (C=O) groups is 2. The molecule has 26 heavy (non-hydrogen) atoms. The maximum Gasteiger partial charge on any atom is 0.410 e. The van der Waals surface area contributed by atoms with Crippen molar-refractivity contribution in [2.45, 2.75) is 58.8 Å². The van der Waals surface area contributed by atoms with Crippen LogP contribution in [0.15, 0.2) is 0 Å². The van der Waals surface area contributed by atoms with E-state index in [1.54, 1.807) is 18.7 Å². The lowest BCUT2D eigenvalue weighted by Crippen LogP contribution is -2.40. The molecule has 2 amide bonds. The van der Waals surface area contributed by atoms with E-state index in [-0.39, 0.29) is 25.8 Å². The number of ether oxygens (including phenoxy) is 2. The molecule has 2 rings (SSSR count). The molecule has 0 spiro atoms. The van der Waals surface area contributed by atoms with Crippen LogP contribution in [0.5, 0.6) is 0 Å². The van der Waals surface area contributed by atoms with Crippen molar-refractivity contribution in [3.63, 3.8) is 0 Å². The fraction of sp³-hybridized carbons (Fsp3) is 0.706. The van der Waals surface area contributed by atoms with Crippen molar-refractivity contribution in [3.05, 3.63) is 17.0 Å². The van der Waals surface area contributed by atoms with Gasteiger partial charge in [-0.15, -0.1) is 0 Å². The number of H-pyrrole nitrogens is 1. The molecule has 0 unspecified atom stereocenters. The number of nitrogens with zero attached hydrogens (tertiary/aromatic N) is 2. The number of aliphatic hydroxyl groups excluding tert-OH is 1. The first kappa shape index (κ1) is 20.2. The second-order valence-electron chi connectivity index (χ2n) is 7.89. The molecule has 0 aromatic carbocycles. The number of amides is 2. The Bertz CT molecular complexity index is 663. The van der Waals surface area contributed by atoms with Gasteiger partial charge in [0.05, 0.1) is 24.4 Å². The molecule has 9 heteroatoms. The van der Waals surface area contributed by atoms with Gasteiger partial charge < -0.3 is 24.8 Å². The van der Waals surface area contributed by atoms with Crippen LogP contribution in [0.4, 0.5) is 4.79 Å². The summed E-state index contributed by atoms with van der Waals surface area (Å²) in [5.74, 6) is -0.376. The van der Waals surface area contributed by atoms with Crippen LogP contribution in [0.25, 0.3) is 0 Å². The normalized spacial score (nSPS) is 14.8. The molecular formula is C17H28N4O5. The third-order valence-corrected chi connectivity index (χ3v) is 3.88. The van der Waals surface area contributed by atoms with Crippen LogP contribution in [-0.4, -0.2) is 63.3 Å². The van der Waals surface area contributed by atoms with E-state index in [9.17, 15) is 9.59 Å². The van der Waals surface area contributed by atoms with E-state index in [1.807, 2.05) is 20.8 Å². The minimum absolute atomic E-state index is 0.0457. The number of hydrogen-bond acceptors (Lipinski definition) is 6. The Kier molecular flexibility index (Phi) is 5.92. The Morgan fingerprint density at radius 2 is 2.00 bits per heavy atom. The molecule has 0 atom stereocenters. The number of nitrogens with one attached hydrogen (secondary N) is 2. The third kappa shape index (κ3) is 5.18. The summed E-state index contributed by atoms with van der Waals surface area (Å²) in [7, 11) is 0. The predicted molar refractivity (Wildman–Crippen MR) is 93.5 cm³/mol. The molecule has 1 aliphatic rings. The van der Waals surface area contributed by atoms with Crippen LogP contribution in [-0.2, 0) is 22.4 Å². The van der Waals surface area contributed by atoms with E-state index in [0.29, 0.717) is 24.2 Å². The first-order valence-corrected chi connectivity index (χ1v) is 8.59. The minimum atomic E-state index is -0.742. The van der Waals surface area contributed by atoms with Crippen LogP contribution in [0.2, 0.25) is 0 Å². The zero-order valence-electron chi connectivity index (χ0n) is 16.0. The van der Waals surface area contributed by atoms with Gasteiger partial charge in [-0.3, -0.25) is 9.89 Å². The molecule has 9 nitrogen and oxygen atoms in total. The number of aromatic nitrogens is 2. The third-order valence-electron chi connectivity index (χ3n) is 3.88. The van der Waals surface area contributed by atoms with Crippen molar-refractivity contribution in [2.24, 2.45) is 0 Å². The maximum absolute atomic E-state index is 12.4. The summed E-state index contributed by atoms with van der Waals surface area (Å²) in [6.07, 6.45) is 0.135. The monoisotopic (exact) mass is 368 g/mol. The first-order valence-electron chi connectivity index (χ1n) is 8.59. The molecule has 3 N–H and O–H groups in total. The van der Waals surface area contributed by atoms with E-state index >= 15 is 0 Å². The van der Waals surface area contributed by atoms with E-state index in [4.69, 9.17) is 14.6 Å². The number of carbonyl (C=O) groups excluding carboxylic acids is 2. The molecule has 0 aliphatic carbocycles. The highest BCUT2D eigenvalue weighted by Crippen LogP contribution is 2.22. The van der Waals surface area contributed by atoms with Crippen LogP contribution >= 0.6 is 0 Å². The lowest BCUT2D eigenvalue weighted by atomic mass is 10.1. The summed E-state index contributed by atoms with van der Waals surface area (Å²) in [6.45, 7) is 9.41. The van der Waals surface area contributed by atoms with Crippen molar-refractivity contribution in [1.29, 1.82) is 0 Å². The fourth-order valence-electron chi connectivity index (χ4n) is 2.39. The van der Waals surface area contributed by atoms with Crippen LogP contribution < -0.4 is 5.32 Å². The molecular weight excluding hydrogens is 340 g/mol. The van der Waals surface area contributed by atoms with Gasteiger partial charge in [0.1, 0.15) is 18.0 Å². The van der Waals surface area contributed by atoms with E-state index in [0.717, 1.165) is 5.69 Å². The Morgan fingerprint density at radius 3 is 2.62 bits per heavy atom. The molecule has 2 heterocycles. The zero-order chi connectivity index (χ0) is 19.5. The quantitative estimate of drug-likeness (QED) is 0.672. The van der Waals surface area contributed by atoms with Gasteiger partial charge in [0.15, 0.2) is 0 Å². The van der Waals surface area contributed by atoms with Crippen LogP contribution in [0.3, 0.4) is 0 Å². The van der Waals surface area contributed by atoms with Crippen molar-refractivity contribution < 1.29 is 24.2 Å². The lowest BCUT2D eigenvalue weighted by molar-refractivity contribution is -0.0584. The van der Waals surface area contributed by atoms with Crippen molar-refractivity contribution in [1.82, 2.24) is 20.4 Å². The van der Waals surface area contributed by atoms with Gasteiger partial charge in [-0.2, -0.15) is 5.10 Å². The van der Waals surface area contributed by atoms with Gasteiger partial charge in [-0.05, 0) is 34.6 Å². The number of aromatic amines is 1. The largest absolute Gasteiger partial charge is 0.444 e. The molecule has 1 aromatic heterocycles. The summed E-state index contributed by atoms with van der Waals surface area (Å²) in [5.41, 5.74) is 0.435. The van der Waals surface area contributed by atoms with Crippen molar-refractivity contribution in [2.75, 3.05) is 19.9 Å². The molecule has 0 saturated carbocycles. The lowest BCUT2D eigenvalue weighted by Gasteiger charge is -2.29. The fourth-order valence-corrected chi connectivity index (χ4v) is 2.39. The Morgan fingerprint density at radius 1 is 1.31 bits per heavy atom. The molecule has 1 aliphatic heterocycles. The van der Waals surface area contributed by atoms with E-state index < -0.39 is 17.3 Å². The molecule has 0 bridgehead atoms. The Hall–Kier alpha value is -2.13. The molecule has 1 aromatic rings. The van der Waals surface area contributed by atoms with Crippen molar-refractivity contribution >= 4 is 12.0 Å². The topological polar surface area (TPSA) is 117 Å². The van der Waals surface area contributed by atoms with Gasteiger partial charge >= 0.3 is 6.09 Å². The van der Waals surface area contributed by atoms with Crippen molar-refractivity contribution in [3.8, 4) is 0 Å². The van der Waals surface area contributed by atoms with Gasteiger partial charge in [0.25, 0.3) is 5.91 Å². The van der Waals surface area contributed by atoms with Gasteiger partial charge in [-0.1, -0.05) is 0 Å². The second kappa shape index (κ2) is 7.63. The molecule has 0 radical (unpaired) electrons. The van der Waals surface area contributed by atoms with Gasteiger partial charge in [0, 0.05) is 18.5 Å². The summed E-state index contributed by atoms with van der Waals surface area (Å²) >= 11 is 0. The molecule has 0 saturated heterocycles. The first-order chi connectivity index (χ1) is 12.0. The number of hydrogen-bond donors (Lipinski definition) is 3. The highest BCUT2D eigenvalue weighted by molar-refractivity contribution is 5.94. The minimum Gasteiger partial charge on any atom is -0.444 e. The average molecular weight is 368 g/mol. The highest BCUT2D eigenvalue weighted by Gasteiger charge is 2.30. The highest BCUT2D eigenvalue weighted by atomic mass is 16.6. The van der Waals surface area contributed by atoms with Crippen LogP contribution in [0.1, 0.15) is 56.4 Å². The summed E-state index contributed by atoms with van der Waals surface area (Å²) in [6, 6.07) is 0. The summed E-state index contributed by atoms with van der Waals surface area (Å²) in [5, 5.41) is 18.7. The number of rotatable bonds is 5. The van der Waals surface area contributed by atoms with E-state index in [1.165, 1.54) is 0 Å². The summed E-state index contributed by atoms with van der Waals surface area (Å²) < 4.78 is 10.8. The second-order valence-corrected chi connectivity index (χ2v) is 7.89. The average Bonchev–Trinajstić information content (AvgIpc) is 2.96. The standard InChI is InChI=1S/C17H28N4O5/c1-16(2,3)26-15(24)21-7-6-12-11(8-21)13(20-19-12)14(23)18-10-25-17(4,5)9-22/h22H,6-10H2,1-5H3,(H,18,23)(H,19,20). The zero-order valence-corrected chi connectivity index (χ0v) is 16.0. The number of fused-ring (bicyclic) bond motifs is 1. The maximum atomic E-state index is 12.4. The Labute approximate surface area is 153 Å².